The van der Waals surface area contributed by atoms with Crippen molar-refractivity contribution in [2.45, 2.75) is 72.4 Å². The molecule has 1 unspecified atom stereocenters. The maximum atomic E-state index is 12.2. The molecule has 1 rings (SSSR count). The largest absolute Gasteiger partial charge is 0.444 e. The first-order valence-electron chi connectivity index (χ1n) is 7.78. The fourth-order valence-electron chi connectivity index (χ4n) is 2.25. The number of carbonyl (C=O) groups excluding carboxylic acids is 1. The molecule has 4 heteroatoms. The van der Waals surface area contributed by atoms with E-state index in [1.807, 2.05) is 25.7 Å². The summed E-state index contributed by atoms with van der Waals surface area (Å²) in [7, 11) is 0. The van der Waals surface area contributed by atoms with Gasteiger partial charge in [0.1, 0.15) is 5.60 Å². The Morgan fingerprint density at radius 1 is 1.20 bits per heavy atom. The summed E-state index contributed by atoms with van der Waals surface area (Å²) in [5, 5.41) is 3.60. The second-order valence-corrected chi connectivity index (χ2v) is 8.06. The first-order valence-corrected chi connectivity index (χ1v) is 7.78. The number of nitrogens with one attached hydrogen (secondary N) is 1. The first kappa shape index (κ1) is 17.3. The maximum Gasteiger partial charge on any atom is 0.410 e. The Morgan fingerprint density at radius 3 is 2.40 bits per heavy atom. The van der Waals surface area contributed by atoms with Crippen molar-refractivity contribution in [3.8, 4) is 0 Å². The molecule has 0 aromatic rings. The lowest BCUT2D eigenvalue weighted by Crippen LogP contribution is -2.46. The van der Waals surface area contributed by atoms with E-state index in [0.29, 0.717) is 6.04 Å². The normalized spacial score (nSPS) is 21.5. The van der Waals surface area contributed by atoms with Crippen LogP contribution in [0.2, 0.25) is 0 Å². The molecule has 1 saturated heterocycles. The second kappa shape index (κ2) is 6.79. The molecule has 0 aliphatic carbocycles. The van der Waals surface area contributed by atoms with E-state index < -0.39 is 5.60 Å². The van der Waals surface area contributed by atoms with Gasteiger partial charge >= 0.3 is 6.09 Å². The quantitative estimate of drug-likeness (QED) is 0.845. The molecule has 1 atom stereocenters. The Balaban J connectivity index is 2.53. The number of ether oxygens (including phenoxy) is 1. The van der Waals surface area contributed by atoms with Crippen LogP contribution < -0.4 is 5.32 Å². The van der Waals surface area contributed by atoms with Gasteiger partial charge in [-0.05, 0) is 39.0 Å². The third-order valence-corrected chi connectivity index (χ3v) is 3.24. The van der Waals surface area contributed by atoms with Crippen LogP contribution in [0.4, 0.5) is 4.79 Å². The zero-order valence-electron chi connectivity index (χ0n) is 14.1. The summed E-state index contributed by atoms with van der Waals surface area (Å²) >= 11 is 0. The summed E-state index contributed by atoms with van der Waals surface area (Å²) < 4.78 is 5.49. The van der Waals surface area contributed by atoms with Gasteiger partial charge in [0.2, 0.25) is 0 Å². The highest BCUT2D eigenvalue weighted by Crippen LogP contribution is 2.17. The van der Waals surface area contributed by atoms with Gasteiger partial charge in [-0.1, -0.05) is 27.2 Å². The third-order valence-electron chi connectivity index (χ3n) is 3.24. The van der Waals surface area contributed by atoms with E-state index in [2.05, 4.69) is 26.1 Å². The van der Waals surface area contributed by atoms with E-state index in [1.165, 1.54) is 6.42 Å². The summed E-state index contributed by atoms with van der Waals surface area (Å²) in [5.74, 6) is 0. The maximum absolute atomic E-state index is 12.2. The van der Waals surface area contributed by atoms with Crippen LogP contribution in [0.1, 0.15) is 60.8 Å². The fraction of sp³-hybridized carbons (Fsp3) is 0.938. The molecule has 0 spiro atoms. The van der Waals surface area contributed by atoms with Gasteiger partial charge in [-0.15, -0.1) is 0 Å². The molecule has 0 aromatic carbocycles. The molecule has 1 amide bonds. The minimum absolute atomic E-state index is 0.179. The zero-order valence-corrected chi connectivity index (χ0v) is 14.1. The molecule has 1 aliphatic rings. The standard InChI is InChI=1S/C16H32N2O2/c1-15(2,3)12-17-13-9-7-8-10-18(11-13)14(19)20-16(4,5)6/h13,17H,7-12H2,1-6H3. The van der Waals surface area contributed by atoms with Gasteiger partial charge in [0.25, 0.3) is 0 Å². The number of carbonyl (C=O) groups is 1. The highest BCUT2D eigenvalue weighted by molar-refractivity contribution is 5.68. The third kappa shape index (κ3) is 7.13. The molecule has 20 heavy (non-hydrogen) atoms. The van der Waals surface area contributed by atoms with Crippen LogP contribution in [-0.4, -0.2) is 42.3 Å². The molecule has 0 saturated carbocycles. The van der Waals surface area contributed by atoms with Gasteiger partial charge < -0.3 is 15.0 Å². The highest BCUT2D eigenvalue weighted by Gasteiger charge is 2.26. The zero-order chi connectivity index (χ0) is 15.4. The fourth-order valence-corrected chi connectivity index (χ4v) is 2.25. The van der Waals surface area contributed by atoms with Crippen LogP contribution in [0, 0.1) is 5.41 Å². The van der Waals surface area contributed by atoms with E-state index in [9.17, 15) is 4.79 Å². The van der Waals surface area contributed by atoms with Crippen molar-refractivity contribution in [1.82, 2.24) is 10.2 Å². The molecule has 0 aromatic heterocycles. The minimum Gasteiger partial charge on any atom is -0.444 e. The summed E-state index contributed by atoms with van der Waals surface area (Å²) in [4.78, 5) is 14.0. The van der Waals surface area contributed by atoms with E-state index in [4.69, 9.17) is 4.74 Å². The number of likely N-dealkylation sites (tertiary alicyclic amines) is 1. The smallest absolute Gasteiger partial charge is 0.410 e. The molecule has 1 heterocycles. The predicted molar refractivity (Wildman–Crippen MR) is 82.9 cm³/mol. The molecule has 1 aliphatic heterocycles. The van der Waals surface area contributed by atoms with Crippen molar-refractivity contribution in [1.29, 1.82) is 0 Å². The van der Waals surface area contributed by atoms with Crippen LogP contribution in [0.15, 0.2) is 0 Å². The number of rotatable bonds is 2. The average Bonchev–Trinajstić information content (AvgIpc) is 2.48. The predicted octanol–water partition coefficient (Wildman–Crippen LogP) is 3.41. The van der Waals surface area contributed by atoms with E-state index in [1.54, 1.807) is 0 Å². The summed E-state index contributed by atoms with van der Waals surface area (Å²) in [6.07, 6.45) is 3.19. The summed E-state index contributed by atoms with van der Waals surface area (Å²) in [6, 6.07) is 0.379. The van der Waals surface area contributed by atoms with Crippen LogP contribution in [-0.2, 0) is 4.74 Å². The lowest BCUT2D eigenvalue weighted by Gasteiger charge is -2.30. The van der Waals surface area contributed by atoms with Gasteiger partial charge in [0.15, 0.2) is 0 Å². The number of amides is 1. The Morgan fingerprint density at radius 2 is 1.85 bits per heavy atom. The topological polar surface area (TPSA) is 41.6 Å². The molecule has 1 fully saturated rings. The lowest BCUT2D eigenvalue weighted by molar-refractivity contribution is 0.0243. The average molecular weight is 284 g/mol. The Hall–Kier alpha value is -0.770. The molecular weight excluding hydrogens is 252 g/mol. The van der Waals surface area contributed by atoms with Gasteiger partial charge in [0.05, 0.1) is 0 Å². The molecule has 1 N–H and O–H groups in total. The van der Waals surface area contributed by atoms with Crippen molar-refractivity contribution in [2.75, 3.05) is 19.6 Å². The SMILES string of the molecule is CC(C)(C)CNC1CCCCN(C(=O)OC(C)(C)C)C1. The van der Waals surface area contributed by atoms with E-state index in [0.717, 1.165) is 32.5 Å². The van der Waals surface area contributed by atoms with Crippen molar-refractivity contribution in [2.24, 2.45) is 5.41 Å². The molecular formula is C16H32N2O2. The monoisotopic (exact) mass is 284 g/mol. The van der Waals surface area contributed by atoms with Crippen molar-refractivity contribution in [3.05, 3.63) is 0 Å². The highest BCUT2D eigenvalue weighted by atomic mass is 16.6. The van der Waals surface area contributed by atoms with Crippen LogP contribution in [0.3, 0.4) is 0 Å². The van der Waals surface area contributed by atoms with Gasteiger partial charge in [-0.25, -0.2) is 4.79 Å². The molecule has 4 nitrogen and oxygen atoms in total. The number of hydrogen-bond acceptors (Lipinski definition) is 3. The molecule has 0 radical (unpaired) electrons. The first-order chi connectivity index (χ1) is 9.07. The van der Waals surface area contributed by atoms with Crippen molar-refractivity contribution in [3.63, 3.8) is 0 Å². The van der Waals surface area contributed by atoms with E-state index >= 15 is 0 Å². The van der Waals surface area contributed by atoms with Crippen LogP contribution in [0.25, 0.3) is 0 Å². The molecule has 118 valence electrons. The Labute approximate surface area is 124 Å². The second-order valence-electron chi connectivity index (χ2n) is 8.06. The summed E-state index contributed by atoms with van der Waals surface area (Å²) in [6.45, 7) is 15.0. The minimum atomic E-state index is -0.419. The Kier molecular flexibility index (Phi) is 5.87. The van der Waals surface area contributed by atoms with Crippen molar-refractivity contribution < 1.29 is 9.53 Å². The van der Waals surface area contributed by atoms with Crippen molar-refractivity contribution >= 4 is 6.09 Å². The number of nitrogens with zero attached hydrogens (tertiary/aromatic N) is 1. The van der Waals surface area contributed by atoms with Crippen LogP contribution >= 0.6 is 0 Å². The number of hydrogen-bond donors (Lipinski definition) is 1. The molecule has 0 bridgehead atoms. The van der Waals surface area contributed by atoms with E-state index in [-0.39, 0.29) is 11.5 Å². The Bertz CT molecular complexity index is 315. The van der Waals surface area contributed by atoms with Gasteiger partial charge in [-0.2, -0.15) is 0 Å². The van der Waals surface area contributed by atoms with Gasteiger partial charge in [-0.3, -0.25) is 0 Å². The van der Waals surface area contributed by atoms with Crippen LogP contribution in [0.5, 0.6) is 0 Å². The van der Waals surface area contributed by atoms with Gasteiger partial charge in [0, 0.05) is 25.7 Å². The summed E-state index contributed by atoms with van der Waals surface area (Å²) in [5.41, 5.74) is -0.152. The lowest BCUT2D eigenvalue weighted by atomic mass is 9.96.